The van der Waals surface area contributed by atoms with E-state index in [2.05, 4.69) is 21.4 Å². The van der Waals surface area contributed by atoms with Crippen LogP contribution in [0.25, 0.3) is 0 Å². The molecular weight excluding hydrogens is 347 g/mol. The van der Waals surface area contributed by atoms with Gasteiger partial charge in [0.05, 0.1) is 13.2 Å². The summed E-state index contributed by atoms with van der Waals surface area (Å²) in [5.41, 5.74) is 3.67. The molecule has 0 fully saturated rings. The summed E-state index contributed by atoms with van der Waals surface area (Å²) in [4.78, 5) is 0. The number of nitrogens with one attached hydrogen (secondary N) is 1. The normalized spacial score (nSPS) is 12.2. The molecule has 2 aromatic carbocycles. The molecular formula is C14H13BrClFN2O. The minimum atomic E-state index is -0.584. The zero-order chi connectivity index (χ0) is 14.7. The Hall–Kier alpha value is -1.14. The topological polar surface area (TPSA) is 47.3 Å². The van der Waals surface area contributed by atoms with Crippen molar-refractivity contribution >= 4 is 27.5 Å². The minimum Gasteiger partial charge on any atom is -0.496 e. The maximum Gasteiger partial charge on any atom is 0.129 e. The van der Waals surface area contributed by atoms with Gasteiger partial charge in [0.2, 0.25) is 0 Å². The highest BCUT2D eigenvalue weighted by atomic mass is 79.9. The Bertz CT molecular complexity index is 604. The third kappa shape index (κ3) is 2.96. The summed E-state index contributed by atoms with van der Waals surface area (Å²) in [5, 5.41) is 0.522. The van der Waals surface area contributed by atoms with Crippen molar-refractivity contribution in [3.8, 4) is 5.75 Å². The number of benzene rings is 2. The minimum absolute atomic E-state index is 0.371. The molecule has 0 amide bonds. The second-order valence-electron chi connectivity index (χ2n) is 4.12. The molecule has 2 rings (SSSR count). The number of halogens is 3. The molecule has 0 aliphatic carbocycles. The first kappa shape index (κ1) is 15.3. The Balaban J connectivity index is 2.61. The third-order valence-corrected chi connectivity index (χ3v) is 3.88. The summed E-state index contributed by atoms with van der Waals surface area (Å²) in [7, 11) is 1.54. The SMILES string of the molecule is COc1ccc(Cl)cc1C(NN)c1c(F)cccc1Br. The molecule has 3 nitrogen and oxygen atoms in total. The molecule has 0 heterocycles. The van der Waals surface area contributed by atoms with E-state index in [9.17, 15) is 4.39 Å². The highest BCUT2D eigenvalue weighted by Crippen LogP contribution is 2.36. The Kier molecular flexibility index (Phi) is 4.99. The van der Waals surface area contributed by atoms with Crippen LogP contribution in [-0.4, -0.2) is 7.11 Å². The molecule has 0 aliphatic rings. The molecule has 0 aromatic heterocycles. The van der Waals surface area contributed by atoms with Crippen molar-refractivity contribution in [1.29, 1.82) is 0 Å². The average molecular weight is 360 g/mol. The van der Waals surface area contributed by atoms with E-state index >= 15 is 0 Å². The number of methoxy groups -OCH3 is 1. The monoisotopic (exact) mass is 358 g/mol. The molecule has 0 aliphatic heterocycles. The number of hydrazine groups is 1. The maximum absolute atomic E-state index is 14.1. The zero-order valence-electron chi connectivity index (χ0n) is 10.7. The predicted molar refractivity (Wildman–Crippen MR) is 81.3 cm³/mol. The standard InChI is InChI=1S/C14H13BrClFN2O/c1-20-12-6-5-8(16)7-9(12)14(19-18)13-10(15)3-2-4-11(13)17/h2-7,14,19H,18H2,1H3. The Labute approximate surface area is 130 Å². The lowest BCUT2D eigenvalue weighted by molar-refractivity contribution is 0.403. The van der Waals surface area contributed by atoms with Gasteiger partial charge in [-0.2, -0.15) is 0 Å². The average Bonchev–Trinajstić information content (AvgIpc) is 2.43. The van der Waals surface area contributed by atoms with Crippen LogP contribution < -0.4 is 16.0 Å². The lowest BCUT2D eigenvalue weighted by atomic mass is 9.98. The van der Waals surface area contributed by atoms with Gasteiger partial charge in [0.15, 0.2) is 0 Å². The van der Waals surface area contributed by atoms with E-state index in [0.29, 0.717) is 26.4 Å². The molecule has 106 valence electrons. The van der Waals surface area contributed by atoms with Crippen molar-refractivity contribution < 1.29 is 9.13 Å². The molecule has 20 heavy (non-hydrogen) atoms. The van der Waals surface area contributed by atoms with E-state index in [1.54, 1.807) is 30.3 Å². The first-order valence-corrected chi connectivity index (χ1v) is 6.99. The van der Waals surface area contributed by atoms with Gasteiger partial charge < -0.3 is 4.74 Å². The van der Waals surface area contributed by atoms with Crippen LogP contribution in [0.1, 0.15) is 17.2 Å². The van der Waals surface area contributed by atoms with Gasteiger partial charge in [-0.05, 0) is 30.3 Å². The lowest BCUT2D eigenvalue weighted by Crippen LogP contribution is -2.30. The van der Waals surface area contributed by atoms with E-state index in [4.69, 9.17) is 22.2 Å². The van der Waals surface area contributed by atoms with Crippen LogP contribution in [-0.2, 0) is 0 Å². The van der Waals surface area contributed by atoms with Gasteiger partial charge in [-0.3, -0.25) is 5.84 Å². The van der Waals surface area contributed by atoms with Crippen molar-refractivity contribution in [3.63, 3.8) is 0 Å². The summed E-state index contributed by atoms with van der Waals surface area (Å²) in [5.74, 6) is 5.82. The van der Waals surface area contributed by atoms with Crippen LogP contribution in [0.3, 0.4) is 0 Å². The Morgan fingerprint density at radius 1 is 1.35 bits per heavy atom. The van der Waals surface area contributed by atoms with Crippen LogP contribution in [0.15, 0.2) is 40.9 Å². The fourth-order valence-corrected chi connectivity index (χ4v) is 2.80. The molecule has 2 aromatic rings. The molecule has 0 radical (unpaired) electrons. The van der Waals surface area contributed by atoms with Crippen molar-refractivity contribution in [1.82, 2.24) is 5.43 Å². The summed E-state index contributed by atoms with van der Waals surface area (Å²) >= 11 is 9.35. The van der Waals surface area contributed by atoms with E-state index in [0.717, 1.165) is 0 Å². The molecule has 0 bridgehead atoms. The van der Waals surface area contributed by atoms with E-state index in [-0.39, 0.29) is 5.82 Å². The van der Waals surface area contributed by atoms with Crippen LogP contribution in [0, 0.1) is 5.82 Å². The number of ether oxygens (including phenoxy) is 1. The summed E-state index contributed by atoms with van der Waals surface area (Å²) < 4.78 is 20.0. The summed E-state index contributed by atoms with van der Waals surface area (Å²) in [6.45, 7) is 0. The maximum atomic E-state index is 14.1. The van der Waals surface area contributed by atoms with Gasteiger partial charge in [0.25, 0.3) is 0 Å². The quantitative estimate of drug-likeness (QED) is 0.645. The highest BCUT2D eigenvalue weighted by molar-refractivity contribution is 9.10. The van der Waals surface area contributed by atoms with Gasteiger partial charge in [-0.25, -0.2) is 9.82 Å². The molecule has 1 unspecified atom stereocenters. The second kappa shape index (κ2) is 6.54. The largest absolute Gasteiger partial charge is 0.496 e. The van der Waals surface area contributed by atoms with E-state index < -0.39 is 6.04 Å². The Morgan fingerprint density at radius 3 is 2.70 bits per heavy atom. The third-order valence-electron chi connectivity index (χ3n) is 2.96. The first-order chi connectivity index (χ1) is 9.58. The molecule has 0 spiro atoms. The van der Waals surface area contributed by atoms with Gasteiger partial charge in [-0.15, -0.1) is 0 Å². The zero-order valence-corrected chi connectivity index (χ0v) is 13.0. The number of hydrogen-bond donors (Lipinski definition) is 2. The summed E-state index contributed by atoms with van der Waals surface area (Å²) in [6, 6.07) is 9.28. The van der Waals surface area contributed by atoms with Gasteiger partial charge >= 0.3 is 0 Å². The van der Waals surface area contributed by atoms with Crippen LogP contribution >= 0.6 is 27.5 Å². The van der Waals surface area contributed by atoms with Crippen molar-refractivity contribution in [2.75, 3.05) is 7.11 Å². The molecule has 6 heteroatoms. The smallest absolute Gasteiger partial charge is 0.129 e. The van der Waals surface area contributed by atoms with Crippen LogP contribution in [0.2, 0.25) is 5.02 Å². The number of nitrogens with two attached hydrogens (primary N) is 1. The van der Waals surface area contributed by atoms with Crippen LogP contribution in [0.5, 0.6) is 5.75 Å². The predicted octanol–water partition coefficient (Wildman–Crippen LogP) is 3.80. The Morgan fingerprint density at radius 2 is 2.10 bits per heavy atom. The van der Waals surface area contributed by atoms with Crippen molar-refractivity contribution in [2.45, 2.75) is 6.04 Å². The van der Waals surface area contributed by atoms with Gasteiger partial charge in [0.1, 0.15) is 11.6 Å². The molecule has 0 saturated heterocycles. The van der Waals surface area contributed by atoms with Crippen molar-refractivity contribution in [3.05, 3.63) is 62.8 Å². The first-order valence-electron chi connectivity index (χ1n) is 5.82. The molecule has 0 saturated carbocycles. The lowest BCUT2D eigenvalue weighted by Gasteiger charge is -2.21. The number of hydrogen-bond acceptors (Lipinski definition) is 3. The van der Waals surface area contributed by atoms with E-state index in [1.165, 1.54) is 13.2 Å². The second-order valence-corrected chi connectivity index (χ2v) is 5.41. The van der Waals surface area contributed by atoms with E-state index in [1.807, 2.05) is 0 Å². The van der Waals surface area contributed by atoms with Crippen LogP contribution in [0.4, 0.5) is 4.39 Å². The van der Waals surface area contributed by atoms with Crippen molar-refractivity contribution in [2.24, 2.45) is 5.84 Å². The fourth-order valence-electron chi connectivity index (χ4n) is 2.05. The molecule has 3 N–H and O–H groups in total. The van der Waals surface area contributed by atoms with Gasteiger partial charge in [0, 0.05) is 20.6 Å². The fraction of sp³-hybridized carbons (Fsp3) is 0.143. The highest BCUT2D eigenvalue weighted by Gasteiger charge is 2.22. The number of rotatable bonds is 4. The molecule has 1 atom stereocenters. The summed E-state index contributed by atoms with van der Waals surface area (Å²) in [6.07, 6.45) is 0. The van der Waals surface area contributed by atoms with Gasteiger partial charge in [-0.1, -0.05) is 33.6 Å².